The monoisotopic (exact) mass is 545 g/mol. The molecule has 2 amide bonds. The summed E-state index contributed by atoms with van der Waals surface area (Å²) >= 11 is 12.1. The Hall–Kier alpha value is -2.36. The molecule has 0 saturated carbocycles. The Morgan fingerprint density at radius 3 is 2.34 bits per heavy atom. The van der Waals surface area contributed by atoms with Crippen molar-refractivity contribution >= 4 is 50.7 Å². The summed E-state index contributed by atoms with van der Waals surface area (Å²) in [5.41, 5.74) is 0.350. The molecule has 11 heteroatoms. The Labute approximate surface area is 216 Å². The Kier molecular flexibility index (Phi) is 10.8. The standard InChI is InChI=1S/C24H30Cl2FN3O4S/c1-4-6-13-28-24(32)21(5-2)29(15-17-11-12-18(25)19(26)14-17)23(31)16-30(35(3,33)34)22-10-8-7-9-20(22)27/h7-12,14,21H,4-6,13,15-16H2,1-3H3,(H,28,32)/t21-/m1/s1. The number of rotatable bonds is 12. The molecule has 0 saturated heterocycles. The van der Waals surface area contributed by atoms with Crippen molar-refractivity contribution in [3.63, 3.8) is 0 Å². The number of halogens is 3. The van der Waals surface area contributed by atoms with Gasteiger partial charge in [0.25, 0.3) is 0 Å². The van der Waals surface area contributed by atoms with Crippen LogP contribution in [0.2, 0.25) is 10.0 Å². The maximum Gasteiger partial charge on any atom is 0.244 e. The van der Waals surface area contributed by atoms with E-state index in [1.807, 2.05) is 6.92 Å². The van der Waals surface area contributed by atoms with E-state index in [0.29, 0.717) is 21.4 Å². The lowest BCUT2D eigenvalue weighted by Crippen LogP contribution is -2.52. The van der Waals surface area contributed by atoms with Gasteiger partial charge in [0.05, 0.1) is 22.0 Å². The number of hydrogen-bond acceptors (Lipinski definition) is 4. The zero-order valence-corrected chi connectivity index (χ0v) is 22.3. The Morgan fingerprint density at radius 1 is 1.09 bits per heavy atom. The summed E-state index contributed by atoms with van der Waals surface area (Å²) in [5.74, 6) is -1.81. The number of carbonyl (C=O) groups excluding carboxylic acids is 2. The van der Waals surface area contributed by atoms with E-state index in [-0.39, 0.29) is 29.6 Å². The fourth-order valence-electron chi connectivity index (χ4n) is 3.51. The predicted molar refractivity (Wildman–Crippen MR) is 138 cm³/mol. The average molecular weight is 546 g/mol. The second kappa shape index (κ2) is 13.1. The van der Waals surface area contributed by atoms with Gasteiger partial charge in [0.2, 0.25) is 21.8 Å². The Bertz CT molecular complexity index is 1150. The van der Waals surface area contributed by atoms with E-state index in [9.17, 15) is 22.4 Å². The second-order valence-electron chi connectivity index (χ2n) is 8.06. The number of anilines is 1. The number of benzene rings is 2. The van der Waals surface area contributed by atoms with Gasteiger partial charge in [0.15, 0.2) is 0 Å². The fraction of sp³-hybridized carbons (Fsp3) is 0.417. The number of nitrogens with one attached hydrogen (secondary N) is 1. The smallest absolute Gasteiger partial charge is 0.244 e. The normalized spacial score (nSPS) is 12.2. The summed E-state index contributed by atoms with van der Waals surface area (Å²) in [6.45, 7) is 3.49. The molecule has 1 N–H and O–H groups in total. The van der Waals surface area contributed by atoms with Crippen LogP contribution >= 0.6 is 23.2 Å². The van der Waals surface area contributed by atoms with E-state index >= 15 is 0 Å². The second-order valence-corrected chi connectivity index (χ2v) is 10.8. The quantitative estimate of drug-likeness (QED) is 0.394. The molecule has 1 atom stereocenters. The zero-order valence-electron chi connectivity index (χ0n) is 19.9. The van der Waals surface area contributed by atoms with Crippen LogP contribution in [-0.2, 0) is 26.2 Å². The first-order chi connectivity index (χ1) is 16.5. The van der Waals surface area contributed by atoms with Gasteiger partial charge in [0, 0.05) is 13.1 Å². The highest BCUT2D eigenvalue weighted by atomic mass is 35.5. The first-order valence-corrected chi connectivity index (χ1v) is 13.8. The van der Waals surface area contributed by atoms with Crippen LogP contribution in [0.15, 0.2) is 42.5 Å². The molecule has 0 fully saturated rings. The van der Waals surface area contributed by atoms with Crippen LogP contribution in [-0.4, -0.2) is 50.5 Å². The molecule has 7 nitrogen and oxygen atoms in total. The SMILES string of the molecule is CCCCNC(=O)[C@@H](CC)N(Cc1ccc(Cl)c(Cl)c1)C(=O)CN(c1ccccc1F)S(C)(=O)=O. The third kappa shape index (κ3) is 8.08. The van der Waals surface area contributed by atoms with Gasteiger partial charge in [-0.15, -0.1) is 0 Å². The summed E-state index contributed by atoms with van der Waals surface area (Å²) in [6.07, 6.45) is 2.83. The molecule has 2 aromatic carbocycles. The lowest BCUT2D eigenvalue weighted by molar-refractivity contribution is -0.140. The Morgan fingerprint density at radius 2 is 1.77 bits per heavy atom. The highest BCUT2D eigenvalue weighted by Crippen LogP contribution is 2.25. The number of nitrogens with zero attached hydrogens (tertiary/aromatic N) is 2. The maximum absolute atomic E-state index is 14.5. The molecule has 0 spiro atoms. The van der Waals surface area contributed by atoms with E-state index in [2.05, 4.69) is 5.32 Å². The van der Waals surface area contributed by atoms with Gasteiger partial charge in [-0.1, -0.05) is 61.7 Å². The van der Waals surface area contributed by atoms with Gasteiger partial charge < -0.3 is 10.2 Å². The number of hydrogen-bond donors (Lipinski definition) is 1. The molecule has 0 heterocycles. The minimum atomic E-state index is -4.02. The van der Waals surface area contributed by atoms with Crippen molar-refractivity contribution in [2.75, 3.05) is 23.7 Å². The fourth-order valence-corrected chi connectivity index (χ4v) is 4.68. The summed E-state index contributed by atoms with van der Waals surface area (Å²) in [4.78, 5) is 27.8. The van der Waals surface area contributed by atoms with Crippen LogP contribution in [0.3, 0.4) is 0 Å². The van der Waals surface area contributed by atoms with Crippen molar-refractivity contribution in [3.05, 3.63) is 63.9 Å². The van der Waals surface area contributed by atoms with Crippen LogP contribution in [0, 0.1) is 5.82 Å². The first kappa shape index (κ1) is 28.9. The first-order valence-electron chi connectivity index (χ1n) is 11.2. The lowest BCUT2D eigenvalue weighted by Gasteiger charge is -2.33. The average Bonchev–Trinajstić information content (AvgIpc) is 2.79. The molecule has 0 aliphatic heterocycles. The van der Waals surface area contributed by atoms with Crippen molar-refractivity contribution in [3.8, 4) is 0 Å². The molecule has 0 unspecified atom stereocenters. The summed E-state index contributed by atoms with van der Waals surface area (Å²) in [6, 6.07) is 9.24. The van der Waals surface area contributed by atoms with E-state index in [4.69, 9.17) is 23.2 Å². The van der Waals surface area contributed by atoms with Gasteiger partial charge in [-0.05, 0) is 42.7 Å². The molecule has 0 bridgehead atoms. The number of amides is 2. The lowest BCUT2D eigenvalue weighted by atomic mass is 10.1. The van der Waals surface area contributed by atoms with E-state index in [1.54, 1.807) is 25.1 Å². The molecule has 192 valence electrons. The summed E-state index contributed by atoms with van der Waals surface area (Å²) < 4.78 is 40.2. The summed E-state index contributed by atoms with van der Waals surface area (Å²) in [5, 5.41) is 3.44. The van der Waals surface area contributed by atoms with Gasteiger partial charge in [0.1, 0.15) is 18.4 Å². The predicted octanol–water partition coefficient (Wildman–Crippen LogP) is 4.62. The van der Waals surface area contributed by atoms with Crippen molar-refractivity contribution in [2.45, 2.75) is 45.7 Å². The number of para-hydroxylation sites is 1. The van der Waals surface area contributed by atoms with E-state index in [1.165, 1.54) is 23.1 Å². The zero-order chi connectivity index (χ0) is 26.2. The molecule has 35 heavy (non-hydrogen) atoms. The minimum Gasteiger partial charge on any atom is -0.354 e. The molecule has 0 aromatic heterocycles. The van der Waals surface area contributed by atoms with Crippen molar-refractivity contribution in [1.82, 2.24) is 10.2 Å². The third-order valence-corrected chi connectivity index (χ3v) is 7.22. The van der Waals surface area contributed by atoms with E-state index in [0.717, 1.165) is 25.2 Å². The molecule has 2 aromatic rings. The van der Waals surface area contributed by atoms with Crippen molar-refractivity contribution in [2.24, 2.45) is 0 Å². The van der Waals surface area contributed by atoms with Gasteiger partial charge in [-0.3, -0.25) is 13.9 Å². The van der Waals surface area contributed by atoms with Crippen LogP contribution in [0.4, 0.5) is 10.1 Å². The van der Waals surface area contributed by atoms with Crippen LogP contribution in [0.1, 0.15) is 38.7 Å². The topological polar surface area (TPSA) is 86.8 Å². The van der Waals surface area contributed by atoms with Crippen LogP contribution in [0.25, 0.3) is 0 Å². The van der Waals surface area contributed by atoms with Gasteiger partial charge in [-0.2, -0.15) is 0 Å². The molecule has 0 aliphatic carbocycles. The summed E-state index contributed by atoms with van der Waals surface area (Å²) in [7, 11) is -4.02. The molecular formula is C24H30Cl2FN3O4S. The maximum atomic E-state index is 14.5. The number of unbranched alkanes of at least 4 members (excludes halogenated alkanes) is 1. The molecule has 0 aliphatic rings. The molecular weight excluding hydrogens is 516 g/mol. The molecule has 2 rings (SSSR count). The van der Waals surface area contributed by atoms with E-state index < -0.39 is 34.3 Å². The minimum absolute atomic E-state index is 0.0235. The molecule has 0 radical (unpaired) electrons. The van der Waals surface area contributed by atoms with Gasteiger partial charge >= 0.3 is 0 Å². The van der Waals surface area contributed by atoms with Crippen molar-refractivity contribution in [1.29, 1.82) is 0 Å². The number of sulfonamides is 1. The van der Waals surface area contributed by atoms with Crippen LogP contribution in [0.5, 0.6) is 0 Å². The van der Waals surface area contributed by atoms with Crippen LogP contribution < -0.4 is 9.62 Å². The largest absolute Gasteiger partial charge is 0.354 e. The van der Waals surface area contributed by atoms with Gasteiger partial charge in [-0.25, -0.2) is 12.8 Å². The number of carbonyl (C=O) groups is 2. The third-order valence-electron chi connectivity index (χ3n) is 5.35. The highest BCUT2D eigenvalue weighted by Gasteiger charge is 2.32. The van der Waals surface area contributed by atoms with Crippen molar-refractivity contribution < 1.29 is 22.4 Å². The highest BCUT2D eigenvalue weighted by molar-refractivity contribution is 7.92. The Balaban J connectivity index is 2.44.